The van der Waals surface area contributed by atoms with Gasteiger partial charge in [0.1, 0.15) is 0 Å². The summed E-state index contributed by atoms with van der Waals surface area (Å²) in [6.07, 6.45) is 2.07. The van der Waals surface area contributed by atoms with Crippen molar-refractivity contribution in [2.75, 3.05) is 6.26 Å². The molecule has 13 heavy (non-hydrogen) atoms. The number of nitrogens with zero attached hydrogens (tertiary/aromatic N) is 3. The Morgan fingerprint density at radius 2 is 2.23 bits per heavy atom. The van der Waals surface area contributed by atoms with E-state index in [0.717, 1.165) is 11.1 Å². The maximum atomic E-state index is 11.1. The van der Waals surface area contributed by atoms with Crippen LogP contribution in [0.3, 0.4) is 0 Å². The van der Waals surface area contributed by atoms with Crippen LogP contribution in [0.1, 0.15) is 10.5 Å². The van der Waals surface area contributed by atoms with Gasteiger partial charge < -0.3 is 0 Å². The van der Waals surface area contributed by atoms with Gasteiger partial charge in [-0.1, -0.05) is 0 Å². The molecule has 0 aliphatic heterocycles. The first-order chi connectivity index (χ1) is 5.88. The van der Waals surface area contributed by atoms with Gasteiger partial charge >= 0.3 is 0 Å². The van der Waals surface area contributed by atoms with Crippen molar-refractivity contribution in [3.05, 3.63) is 11.9 Å². The number of aromatic nitrogens is 3. The van der Waals surface area contributed by atoms with Gasteiger partial charge in [-0.25, -0.2) is 13.1 Å². The monoisotopic (exact) mass is 204 g/mol. The first-order valence-corrected chi connectivity index (χ1v) is 5.16. The zero-order chi connectivity index (χ0) is 10.1. The molecule has 0 fully saturated rings. The molecule has 1 N–H and O–H groups in total. The number of carbonyl (C=O) groups is 1. The minimum absolute atomic E-state index is 0.0343. The molecule has 0 aliphatic rings. The van der Waals surface area contributed by atoms with Gasteiger partial charge in [-0.05, 0) is 0 Å². The van der Waals surface area contributed by atoms with E-state index in [2.05, 4.69) is 10.2 Å². The highest BCUT2D eigenvalue weighted by Crippen LogP contribution is 1.90. The molecule has 0 aliphatic carbocycles. The quantitative estimate of drug-likeness (QED) is 0.633. The standard InChI is InChI=1S/C5H8N4O3S/c1-9-6-3-4(7-9)5(10)8-13(2,11)12/h3H,1-2H3,(H,8,10). The SMILES string of the molecule is Cn1ncc(C(=O)NS(C)(=O)=O)n1. The molecular weight excluding hydrogens is 196 g/mol. The topological polar surface area (TPSA) is 94.0 Å². The number of hydrogen-bond donors (Lipinski definition) is 1. The lowest BCUT2D eigenvalue weighted by atomic mass is 10.5. The van der Waals surface area contributed by atoms with Gasteiger partial charge in [-0.2, -0.15) is 9.90 Å². The number of rotatable bonds is 2. The summed E-state index contributed by atoms with van der Waals surface area (Å²) in [6.45, 7) is 0. The van der Waals surface area contributed by atoms with Crippen LogP contribution >= 0.6 is 0 Å². The summed E-state index contributed by atoms with van der Waals surface area (Å²) in [6, 6.07) is 0. The predicted molar refractivity (Wildman–Crippen MR) is 43.3 cm³/mol. The largest absolute Gasteiger partial charge is 0.286 e. The number of hydrogen-bond acceptors (Lipinski definition) is 5. The smallest absolute Gasteiger partial charge is 0.266 e. The number of aryl methyl sites for hydroxylation is 1. The van der Waals surface area contributed by atoms with Gasteiger partial charge in [0.05, 0.1) is 12.5 Å². The fourth-order valence-electron chi connectivity index (χ4n) is 0.671. The van der Waals surface area contributed by atoms with Crippen molar-refractivity contribution in [3.8, 4) is 0 Å². The van der Waals surface area contributed by atoms with Gasteiger partial charge in [0.25, 0.3) is 5.91 Å². The van der Waals surface area contributed by atoms with Crippen molar-refractivity contribution in [1.82, 2.24) is 19.7 Å². The molecule has 0 saturated heterocycles. The van der Waals surface area contributed by atoms with Crippen LogP contribution in [0.5, 0.6) is 0 Å². The molecule has 0 aromatic carbocycles. The summed E-state index contributed by atoms with van der Waals surface area (Å²) >= 11 is 0. The molecule has 0 saturated carbocycles. The molecule has 1 amide bonds. The fraction of sp³-hybridized carbons (Fsp3) is 0.400. The van der Waals surface area contributed by atoms with Crippen LogP contribution < -0.4 is 4.72 Å². The van der Waals surface area contributed by atoms with Crippen molar-refractivity contribution in [3.63, 3.8) is 0 Å². The summed E-state index contributed by atoms with van der Waals surface area (Å²) in [5.74, 6) is -0.782. The number of carbonyl (C=O) groups excluding carboxylic acids is 1. The summed E-state index contributed by atoms with van der Waals surface area (Å²) < 4.78 is 23.0. The molecule has 72 valence electrons. The molecule has 1 aromatic rings. The van der Waals surface area contributed by atoms with E-state index in [1.165, 1.54) is 13.2 Å². The first-order valence-electron chi connectivity index (χ1n) is 3.27. The van der Waals surface area contributed by atoms with Crippen LogP contribution in [0.4, 0.5) is 0 Å². The first kappa shape index (κ1) is 9.65. The van der Waals surface area contributed by atoms with Crippen LogP contribution in [0.2, 0.25) is 0 Å². The van der Waals surface area contributed by atoms with Crippen LogP contribution in [-0.4, -0.2) is 35.6 Å². The van der Waals surface area contributed by atoms with Gasteiger partial charge in [0.2, 0.25) is 10.0 Å². The molecule has 1 aromatic heterocycles. The van der Waals surface area contributed by atoms with Crippen LogP contribution in [0.15, 0.2) is 6.20 Å². The molecule has 0 radical (unpaired) electrons. The number of sulfonamides is 1. The lowest BCUT2D eigenvalue weighted by molar-refractivity contribution is 0.0976. The molecule has 0 bridgehead atoms. The number of nitrogens with one attached hydrogen (secondary N) is 1. The Kier molecular flexibility index (Phi) is 2.32. The molecule has 0 spiro atoms. The normalized spacial score (nSPS) is 11.2. The van der Waals surface area contributed by atoms with Gasteiger partial charge in [-0.15, -0.1) is 5.10 Å². The third-order valence-corrected chi connectivity index (χ3v) is 1.67. The van der Waals surface area contributed by atoms with Crippen LogP contribution in [-0.2, 0) is 17.1 Å². The Hall–Kier alpha value is -1.44. The minimum atomic E-state index is -3.54. The second-order valence-corrected chi connectivity index (χ2v) is 4.17. The van der Waals surface area contributed by atoms with Gasteiger partial charge in [-0.3, -0.25) is 4.79 Å². The second kappa shape index (κ2) is 3.13. The summed E-state index contributed by atoms with van der Waals surface area (Å²) in [4.78, 5) is 12.2. The Bertz CT molecular complexity index is 421. The van der Waals surface area contributed by atoms with E-state index >= 15 is 0 Å². The van der Waals surface area contributed by atoms with E-state index in [1.54, 1.807) is 4.72 Å². The molecule has 1 heterocycles. The highest BCUT2D eigenvalue weighted by molar-refractivity contribution is 7.89. The minimum Gasteiger partial charge on any atom is -0.266 e. The van der Waals surface area contributed by atoms with Crippen molar-refractivity contribution < 1.29 is 13.2 Å². The van der Waals surface area contributed by atoms with E-state index in [0.29, 0.717) is 0 Å². The second-order valence-electron chi connectivity index (χ2n) is 2.42. The average Bonchev–Trinajstić information content (AvgIpc) is 2.31. The van der Waals surface area contributed by atoms with Crippen molar-refractivity contribution in [2.24, 2.45) is 7.05 Å². The Morgan fingerprint density at radius 1 is 1.62 bits per heavy atom. The Morgan fingerprint density at radius 3 is 2.62 bits per heavy atom. The molecule has 1 rings (SSSR count). The molecular formula is C5H8N4O3S. The lowest BCUT2D eigenvalue weighted by Gasteiger charge is -1.97. The van der Waals surface area contributed by atoms with E-state index in [9.17, 15) is 13.2 Å². The highest BCUT2D eigenvalue weighted by atomic mass is 32.2. The van der Waals surface area contributed by atoms with Crippen molar-refractivity contribution in [1.29, 1.82) is 0 Å². The highest BCUT2D eigenvalue weighted by Gasteiger charge is 2.13. The van der Waals surface area contributed by atoms with Crippen LogP contribution in [0.25, 0.3) is 0 Å². The summed E-state index contributed by atoms with van der Waals surface area (Å²) in [7, 11) is -2.01. The molecule has 8 heteroatoms. The predicted octanol–water partition coefficient (Wildman–Crippen LogP) is -1.50. The van der Waals surface area contributed by atoms with E-state index in [4.69, 9.17) is 0 Å². The van der Waals surface area contributed by atoms with Crippen molar-refractivity contribution >= 4 is 15.9 Å². The third-order valence-electron chi connectivity index (χ3n) is 1.11. The van der Waals surface area contributed by atoms with E-state index in [-0.39, 0.29) is 5.69 Å². The fourth-order valence-corrected chi connectivity index (χ4v) is 1.11. The zero-order valence-electron chi connectivity index (χ0n) is 7.05. The third kappa shape index (κ3) is 2.82. The lowest BCUT2D eigenvalue weighted by Crippen LogP contribution is -2.29. The average molecular weight is 204 g/mol. The maximum Gasteiger partial charge on any atom is 0.286 e. The summed E-state index contributed by atoms with van der Waals surface area (Å²) in [5.41, 5.74) is -0.0343. The molecule has 0 unspecified atom stereocenters. The summed E-state index contributed by atoms with van der Waals surface area (Å²) in [5, 5.41) is 7.24. The maximum absolute atomic E-state index is 11.1. The number of amides is 1. The Balaban J connectivity index is 2.81. The van der Waals surface area contributed by atoms with E-state index < -0.39 is 15.9 Å². The molecule has 0 atom stereocenters. The van der Waals surface area contributed by atoms with Crippen LogP contribution in [0, 0.1) is 0 Å². The molecule has 7 nitrogen and oxygen atoms in total. The zero-order valence-corrected chi connectivity index (χ0v) is 7.87. The van der Waals surface area contributed by atoms with Crippen molar-refractivity contribution in [2.45, 2.75) is 0 Å². The van der Waals surface area contributed by atoms with Gasteiger partial charge in [0.15, 0.2) is 5.69 Å². The van der Waals surface area contributed by atoms with Gasteiger partial charge in [0, 0.05) is 7.05 Å². The van der Waals surface area contributed by atoms with E-state index in [1.807, 2.05) is 0 Å². The Labute approximate surface area is 74.8 Å².